The Morgan fingerprint density at radius 3 is 2.48 bits per heavy atom. The third-order valence-corrected chi connectivity index (χ3v) is 3.57. The summed E-state index contributed by atoms with van der Waals surface area (Å²) < 4.78 is 5.58. The number of hydrogen-bond acceptors (Lipinski definition) is 6. The van der Waals surface area contributed by atoms with Crippen LogP contribution in [0.3, 0.4) is 0 Å². The van der Waals surface area contributed by atoms with Gasteiger partial charge in [-0.25, -0.2) is 0 Å². The fraction of sp³-hybridized carbons (Fsp3) is 0.714. The maximum atomic E-state index is 6.29. The number of likely N-dealkylation sites (N-methyl/N-ethyl adjacent to an activating group) is 1. The van der Waals surface area contributed by atoms with Gasteiger partial charge in [-0.3, -0.25) is 0 Å². The molecule has 1 aromatic heterocycles. The van der Waals surface area contributed by atoms with Crippen LogP contribution in [0.2, 0.25) is 5.15 Å². The van der Waals surface area contributed by atoms with Crippen molar-refractivity contribution in [3.63, 3.8) is 0 Å². The highest BCUT2D eigenvalue weighted by Crippen LogP contribution is 2.32. The van der Waals surface area contributed by atoms with Gasteiger partial charge in [0.05, 0.1) is 6.61 Å². The molecular weight excluding hydrogens is 290 g/mol. The lowest BCUT2D eigenvalue weighted by Gasteiger charge is -2.32. The Labute approximate surface area is 131 Å². The van der Waals surface area contributed by atoms with E-state index in [1.807, 2.05) is 6.92 Å². The molecule has 0 amide bonds. The molecule has 0 aliphatic carbocycles. The van der Waals surface area contributed by atoms with Gasteiger partial charge in [-0.15, -0.1) is 0 Å². The summed E-state index contributed by atoms with van der Waals surface area (Å²) in [6.45, 7) is 10.4. The summed E-state index contributed by atoms with van der Waals surface area (Å²) in [5, 5.41) is 3.65. The van der Waals surface area contributed by atoms with E-state index in [1.165, 1.54) is 0 Å². The molecule has 1 aliphatic rings. The first-order chi connectivity index (χ1) is 10.0. The lowest BCUT2D eigenvalue weighted by molar-refractivity contribution is 0.310. The fourth-order valence-corrected chi connectivity index (χ4v) is 2.42. The summed E-state index contributed by atoms with van der Waals surface area (Å²) >= 11 is 6.29. The Hall–Kier alpha value is -1.27. The topological polar surface area (TPSA) is 53.5 Å². The molecule has 1 saturated heterocycles. The van der Waals surface area contributed by atoms with Crippen LogP contribution in [-0.4, -0.2) is 60.7 Å². The van der Waals surface area contributed by atoms with Crippen LogP contribution in [0.1, 0.15) is 20.8 Å². The van der Waals surface area contributed by atoms with E-state index in [4.69, 9.17) is 16.3 Å². The maximum absolute atomic E-state index is 6.29. The van der Waals surface area contributed by atoms with E-state index in [2.05, 4.69) is 46.0 Å². The molecular formula is C14H24ClN5O. The average molecular weight is 314 g/mol. The van der Waals surface area contributed by atoms with Crippen LogP contribution in [0.5, 0.6) is 5.75 Å². The molecule has 0 radical (unpaired) electrons. The largest absolute Gasteiger partial charge is 0.487 e. The molecule has 1 aromatic rings. The molecule has 1 fully saturated rings. The molecule has 0 saturated carbocycles. The van der Waals surface area contributed by atoms with Crippen LogP contribution < -0.4 is 15.0 Å². The van der Waals surface area contributed by atoms with Crippen LogP contribution in [0.15, 0.2) is 0 Å². The summed E-state index contributed by atoms with van der Waals surface area (Å²) in [7, 11) is 2.12. The van der Waals surface area contributed by atoms with Crippen molar-refractivity contribution in [3.8, 4) is 5.75 Å². The Morgan fingerprint density at radius 2 is 1.90 bits per heavy atom. The Bertz CT molecular complexity index is 475. The van der Waals surface area contributed by atoms with Gasteiger partial charge in [-0.1, -0.05) is 11.6 Å². The zero-order chi connectivity index (χ0) is 15.4. The predicted octanol–water partition coefficient (Wildman–Crippen LogP) is 2.10. The van der Waals surface area contributed by atoms with Crippen molar-refractivity contribution >= 4 is 23.4 Å². The third-order valence-electron chi connectivity index (χ3n) is 3.31. The lowest BCUT2D eigenvalue weighted by Crippen LogP contribution is -2.45. The molecule has 1 aliphatic heterocycles. The highest BCUT2D eigenvalue weighted by molar-refractivity contribution is 6.31. The number of hydrogen-bond donors (Lipinski definition) is 1. The Morgan fingerprint density at radius 1 is 1.24 bits per heavy atom. The first-order valence-corrected chi connectivity index (χ1v) is 7.79. The lowest BCUT2D eigenvalue weighted by atomic mass is 10.3. The van der Waals surface area contributed by atoms with Gasteiger partial charge in [0.25, 0.3) is 0 Å². The van der Waals surface area contributed by atoms with Crippen LogP contribution in [0, 0.1) is 0 Å². The van der Waals surface area contributed by atoms with Gasteiger partial charge in [-0.2, -0.15) is 9.97 Å². The molecule has 0 aromatic carbocycles. The average Bonchev–Trinajstić information content (AvgIpc) is 2.42. The van der Waals surface area contributed by atoms with E-state index in [0.29, 0.717) is 29.3 Å². The van der Waals surface area contributed by atoms with Crippen LogP contribution in [-0.2, 0) is 0 Å². The molecule has 2 rings (SSSR count). The van der Waals surface area contributed by atoms with E-state index in [9.17, 15) is 0 Å². The van der Waals surface area contributed by atoms with Gasteiger partial charge in [0, 0.05) is 32.2 Å². The van der Waals surface area contributed by atoms with E-state index >= 15 is 0 Å². The molecule has 0 atom stereocenters. The SMILES string of the molecule is CCOc1c(Cl)nc(N2CCN(C)CC2)nc1NC(C)C. The van der Waals surface area contributed by atoms with Gasteiger partial charge in [-0.05, 0) is 27.8 Å². The molecule has 0 spiro atoms. The first kappa shape index (κ1) is 16.1. The second kappa shape index (κ2) is 7.13. The highest BCUT2D eigenvalue weighted by Gasteiger charge is 2.21. The van der Waals surface area contributed by atoms with Crippen LogP contribution in [0.25, 0.3) is 0 Å². The smallest absolute Gasteiger partial charge is 0.229 e. The number of nitrogens with one attached hydrogen (secondary N) is 1. The third kappa shape index (κ3) is 4.11. The number of piperazine rings is 1. The van der Waals surface area contributed by atoms with Crippen molar-refractivity contribution in [2.24, 2.45) is 0 Å². The molecule has 118 valence electrons. The van der Waals surface area contributed by atoms with Gasteiger partial charge in [0.15, 0.2) is 16.7 Å². The number of rotatable bonds is 5. The van der Waals surface area contributed by atoms with E-state index in [0.717, 1.165) is 26.2 Å². The summed E-state index contributed by atoms with van der Waals surface area (Å²) in [4.78, 5) is 13.5. The second-order valence-corrected chi connectivity index (χ2v) is 5.87. The van der Waals surface area contributed by atoms with Gasteiger partial charge in [0.1, 0.15) is 0 Å². The monoisotopic (exact) mass is 313 g/mol. The van der Waals surface area contributed by atoms with Crippen molar-refractivity contribution in [3.05, 3.63) is 5.15 Å². The number of anilines is 2. The molecule has 21 heavy (non-hydrogen) atoms. The van der Waals surface area contributed by atoms with Gasteiger partial charge < -0.3 is 19.9 Å². The van der Waals surface area contributed by atoms with Crippen molar-refractivity contribution in [1.82, 2.24) is 14.9 Å². The summed E-state index contributed by atoms with van der Waals surface area (Å²) in [6, 6.07) is 0.246. The minimum Gasteiger partial charge on any atom is -0.487 e. The zero-order valence-electron chi connectivity index (χ0n) is 13.2. The predicted molar refractivity (Wildman–Crippen MR) is 86.7 cm³/mol. The molecule has 0 bridgehead atoms. The number of halogens is 1. The minimum atomic E-state index is 0.246. The number of aromatic nitrogens is 2. The second-order valence-electron chi connectivity index (χ2n) is 5.51. The number of ether oxygens (including phenoxy) is 1. The van der Waals surface area contributed by atoms with Crippen molar-refractivity contribution in [1.29, 1.82) is 0 Å². The van der Waals surface area contributed by atoms with Crippen molar-refractivity contribution in [2.45, 2.75) is 26.8 Å². The molecule has 6 nitrogen and oxygen atoms in total. The normalized spacial score (nSPS) is 16.4. The summed E-state index contributed by atoms with van der Waals surface area (Å²) in [5.74, 6) is 1.87. The quantitative estimate of drug-likeness (QED) is 0.840. The molecule has 0 unspecified atom stereocenters. The van der Waals surface area contributed by atoms with Crippen LogP contribution in [0.4, 0.5) is 11.8 Å². The molecule has 7 heteroatoms. The minimum absolute atomic E-state index is 0.246. The Balaban J connectivity index is 2.28. The molecule has 1 N–H and O–H groups in total. The van der Waals surface area contributed by atoms with E-state index in [-0.39, 0.29) is 6.04 Å². The summed E-state index contributed by atoms with van der Waals surface area (Å²) in [5.41, 5.74) is 0. The molecule has 2 heterocycles. The fourth-order valence-electron chi connectivity index (χ4n) is 2.20. The number of nitrogens with zero attached hydrogens (tertiary/aromatic N) is 4. The standard InChI is InChI=1S/C14H24ClN5O/c1-5-21-11-12(15)17-14(18-13(11)16-10(2)3)20-8-6-19(4)7-9-20/h10H,5-9H2,1-4H3,(H,16,17,18). The first-order valence-electron chi connectivity index (χ1n) is 7.41. The van der Waals surface area contributed by atoms with E-state index in [1.54, 1.807) is 0 Å². The van der Waals surface area contributed by atoms with Gasteiger partial charge in [0.2, 0.25) is 5.95 Å². The van der Waals surface area contributed by atoms with Gasteiger partial charge >= 0.3 is 0 Å². The van der Waals surface area contributed by atoms with Crippen molar-refractivity contribution in [2.75, 3.05) is 50.1 Å². The summed E-state index contributed by atoms with van der Waals surface area (Å²) in [6.07, 6.45) is 0. The maximum Gasteiger partial charge on any atom is 0.229 e. The zero-order valence-corrected chi connectivity index (χ0v) is 13.9. The van der Waals surface area contributed by atoms with Crippen molar-refractivity contribution < 1.29 is 4.74 Å². The highest BCUT2D eigenvalue weighted by atomic mass is 35.5. The van der Waals surface area contributed by atoms with Crippen LogP contribution >= 0.6 is 11.6 Å². The van der Waals surface area contributed by atoms with E-state index < -0.39 is 0 Å². The Kier molecular flexibility index (Phi) is 5.47.